The van der Waals surface area contributed by atoms with Crippen LogP contribution in [0.4, 0.5) is 5.69 Å². The number of amides is 1. The lowest BCUT2D eigenvalue weighted by Crippen LogP contribution is -2.25. The van der Waals surface area contributed by atoms with E-state index in [0.717, 1.165) is 23.9 Å². The number of aromatic nitrogens is 2. The van der Waals surface area contributed by atoms with Crippen molar-refractivity contribution in [2.45, 2.75) is 19.3 Å². The summed E-state index contributed by atoms with van der Waals surface area (Å²) in [5, 5.41) is 3.57. The molecule has 8 heteroatoms. The van der Waals surface area contributed by atoms with Gasteiger partial charge in [-0.3, -0.25) is 4.79 Å². The molecule has 1 aromatic heterocycles. The summed E-state index contributed by atoms with van der Waals surface area (Å²) in [5.41, 5.74) is 1.32. The van der Waals surface area contributed by atoms with Crippen LogP contribution in [0.2, 0.25) is 0 Å². The highest BCUT2D eigenvalue weighted by atomic mass is 16.5. The summed E-state index contributed by atoms with van der Waals surface area (Å²) in [4.78, 5) is 23.1. The maximum Gasteiger partial charge on any atom is 0.320 e. The van der Waals surface area contributed by atoms with Crippen LogP contribution >= 0.6 is 0 Å². The van der Waals surface area contributed by atoms with Crippen molar-refractivity contribution in [1.82, 2.24) is 14.9 Å². The summed E-state index contributed by atoms with van der Waals surface area (Å²) >= 11 is 0. The molecule has 0 unspecified atom stereocenters. The fraction of sp³-hybridized carbons (Fsp3) is 0.348. The van der Waals surface area contributed by atoms with Gasteiger partial charge in [0.1, 0.15) is 11.5 Å². The van der Waals surface area contributed by atoms with Crippen molar-refractivity contribution in [3.05, 3.63) is 42.5 Å². The lowest BCUT2D eigenvalue weighted by atomic mass is 10.2. The van der Waals surface area contributed by atoms with E-state index in [9.17, 15) is 4.79 Å². The Kier molecular flexibility index (Phi) is 5.54. The minimum Gasteiger partial charge on any atom is -0.482 e. The molecule has 5 rings (SSSR count). The van der Waals surface area contributed by atoms with Crippen molar-refractivity contribution >= 4 is 22.5 Å². The van der Waals surface area contributed by atoms with Crippen LogP contribution in [0.15, 0.2) is 42.5 Å². The third-order valence-electron chi connectivity index (χ3n) is 5.39. The predicted molar refractivity (Wildman–Crippen MR) is 116 cm³/mol. The molecule has 0 atom stereocenters. The highest BCUT2D eigenvalue weighted by Crippen LogP contribution is 2.35. The highest BCUT2D eigenvalue weighted by Gasteiger charge is 2.18. The topological polar surface area (TPSA) is 85.8 Å². The van der Waals surface area contributed by atoms with Crippen molar-refractivity contribution in [2.75, 3.05) is 38.2 Å². The summed E-state index contributed by atoms with van der Waals surface area (Å²) in [6.07, 6.45) is 3.50. The molecule has 0 bridgehead atoms. The van der Waals surface area contributed by atoms with Crippen molar-refractivity contribution in [3.63, 3.8) is 0 Å². The Labute approximate surface area is 180 Å². The van der Waals surface area contributed by atoms with Gasteiger partial charge >= 0.3 is 6.01 Å². The summed E-state index contributed by atoms with van der Waals surface area (Å²) in [6, 6.07) is 13.2. The minimum absolute atomic E-state index is 0.0161. The quantitative estimate of drug-likeness (QED) is 0.584. The molecule has 2 aliphatic rings. The standard InChI is InChI=1S/C23H24N4O4/c28-21-15-30-20-9-8-16(14-19(20)24-21)31-22-17-6-1-2-7-18(17)25-23(26-22)29-13-5-12-27-10-3-4-11-27/h1-2,6-9,14H,3-5,10-13,15H2,(H,24,28). The molecule has 1 saturated heterocycles. The van der Waals surface area contributed by atoms with Gasteiger partial charge in [-0.05, 0) is 56.6 Å². The summed E-state index contributed by atoms with van der Waals surface area (Å²) in [7, 11) is 0. The zero-order valence-corrected chi connectivity index (χ0v) is 17.2. The molecular weight excluding hydrogens is 396 g/mol. The maximum absolute atomic E-state index is 11.6. The van der Waals surface area contributed by atoms with Crippen molar-refractivity contribution < 1.29 is 19.0 Å². The second kappa shape index (κ2) is 8.77. The third kappa shape index (κ3) is 4.54. The van der Waals surface area contributed by atoms with E-state index in [2.05, 4.69) is 20.2 Å². The minimum atomic E-state index is -0.193. The van der Waals surface area contributed by atoms with Crippen molar-refractivity contribution in [1.29, 1.82) is 0 Å². The largest absolute Gasteiger partial charge is 0.482 e. The number of fused-ring (bicyclic) bond motifs is 2. The van der Waals surface area contributed by atoms with Crippen LogP contribution in [0.3, 0.4) is 0 Å². The molecule has 1 N–H and O–H groups in total. The van der Waals surface area contributed by atoms with Crippen molar-refractivity contribution in [3.8, 4) is 23.4 Å². The zero-order chi connectivity index (χ0) is 21.0. The Morgan fingerprint density at radius 2 is 1.97 bits per heavy atom. The molecule has 8 nitrogen and oxygen atoms in total. The van der Waals surface area contributed by atoms with Crippen LogP contribution in [-0.2, 0) is 4.79 Å². The van der Waals surface area contributed by atoms with Crippen molar-refractivity contribution in [2.24, 2.45) is 0 Å². The Morgan fingerprint density at radius 1 is 1.10 bits per heavy atom. The number of likely N-dealkylation sites (tertiary alicyclic amines) is 1. The number of nitrogens with one attached hydrogen (secondary N) is 1. The number of rotatable bonds is 7. The Bertz CT molecular complexity index is 1100. The summed E-state index contributed by atoms with van der Waals surface area (Å²) in [6.45, 7) is 3.95. The number of carbonyl (C=O) groups is 1. The summed E-state index contributed by atoms with van der Waals surface area (Å²) in [5.74, 6) is 1.36. The van der Waals surface area contributed by atoms with E-state index in [-0.39, 0.29) is 12.5 Å². The first-order valence-corrected chi connectivity index (χ1v) is 10.6. The molecule has 2 aliphatic heterocycles. The van der Waals surface area contributed by atoms with Gasteiger partial charge in [-0.15, -0.1) is 0 Å². The Morgan fingerprint density at radius 3 is 2.87 bits per heavy atom. The molecule has 3 heterocycles. The van der Waals surface area contributed by atoms with E-state index in [4.69, 9.17) is 14.2 Å². The number of hydrogen-bond acceptors (Lipinski definition) is 7. The molecule has 0 spiro atoms. The molecule has 2 aromatic carbocycles. The SMILES string of the molecule is O=C1COc2ccc(Oc3nc(OCCCN4CCCC4)nc4ccccc34)cc2N1. The van der Waals surface area contributed by atoms with Crippen LogP contribution in [0, 0.1) is 0 Å². The van der Waals surface area contributed by atoms with Crippen LogP contribution in [-0.4, -0.2) is 53.6 Å². The van der Waals surface area contributed by atoms with Gasteiger partial charge in [-0.2, -0.15) is 9.97 Å². The van der Waals surface area contributed by atoms with Gasteiger partial charge in [0.2, 0.25) is 5.88 Å². The average Bonchev–Trinajstić information content (AvgIpc) is 3.30. The molecule has 1 fully saturated rings. The van der Waals surface area contributed by atoms with Gasteiger partial charge in [0.05, 0.1) is 23.2 Å². The highest BCUT2D eigenvalue weighted by molar-refractivity contribution is 5.95. The van der Waals surface area contributed by atoms with E-state index in [0.29, 0.717) is 35.7 Å². The van der Waals surface area contributed by atoms with Gasteiger partial charge in [0, 0.05) is 12.6 Å². The number of nitrogens with zero attached hydrogens (tertiary/aromatic N) is 3. The maximum atomic E-state index is 11.6. The van der Waals surface area contributed by atoms with Crippen LogP contribution in [0.5, 0.6) is 23.4 Å². The molecule has 31 heavy (non-hydrogen) atoms. The zero-order valence-electron chi connectivity index (χ0n) is 17.2. The van der Waals surface area contributed by atoms with Gasteiger partial charge in [-0.1, -0.05) is 12.1 Å². The number of hydrogen-bond donors (Lipinski definition) is 1. The number of carbonyl (C=O) groups excluding carboxylic acids is 1. The first-order chi connectivity index (χ1) is 15.2. The van der Waals surface area contributed by atoms with E-state index in [1.807, 2.05) is 24.3 Å². The fourth-order valence-corrected chi connectivity index (χ4v) is 3.86. The second-order valence-electron chi connectivity index (χ2n) is 7.68. The van der Waals surface area contributed by atoms with Crippen LogP contribution in [0.25, 0.3) is 10.9 Å². The summed E-state index contributed by atoms with van der Waals surface area (Å²) < 4.78 is 17.3. The predicted octanol–water partition coefficient (Wildman–Crippen LogP) is 3.62. The second-order valence-corrected chi connectivity index (χ2v) is 7.68. The first kappa shape index (κ1) is 19.6. The molecule has 1 amide bonds. The fourth-order valence-electron chi connectivity index (χ4n) is 3.86. The Hall–Kier alpha value is -3.39. The smallest absolute Gasteiger partial charge is 0.320 e. The molecular formula is C23H24N4O4. The van der Waals surface area contributed by atoms with Gasteiger partial charge in [0.25, 0.3) is 5.91 Å². The van der Waals surface area contributed by atoms with E-state index >= 15 is 0 Å². The number of anilines is 1. The van der Waals surface area contributed by atoms with Crippen LogP contribution in [0.1, 0.15) is 19.3 Å². The number of benzene rings is 2. The van der Waals surface area contributed by atoms with Crippen LogP contribution < -0.4 is 19.5 Å². The average molecular weight is 420 g/mol. The Balaban J connectivity index is 1.33. The first-order valence-electron chi connectivity index (χ1n) is 10.6. The molecule has 160 valence electrons. The number of ether oxygens (including phenoxy) is 3. The lowest BCUT2D eigenvalue weighted by molar-refractivity contribution is -0.118. The van der Waals surface area contributed by atoms with E-state index in [1.54, 1.807) is 18.2 Å². The van der Waals surface area contributed by atoms with Gasteiger partial charge in [0.15, 0.2) is 6.61 Å². The van der Waals surface area contributed by atoms with Gasteiger partial charge < -0.3 is 24.4 Å². The molecule has 0 aliphatic carbocycles. The molecule has 0 saturated carbocycles. The third-order valence-corrected chi connectivity index (χ3v) is 5.39. The lowest BCUT2D eigenvalue weighted by Gasteiger charge is -2.18. The van der Waals surface area contributed by atoms with E-state index in [1.165, 1.54) is 25.9 Å². The monoisotopic (exact) mass is 420 g/mol. The number of para-hydroxylation sites is 1. The molecule has 3 aromatic rings. The molecule has 0 radical (unpaired) electrons. The van der Waals surface area contributed by atoms with E-state index < -0.39 is 0 Å². The van der Waals surface area contributed by atoms with Gasteiger partial charge in [-0.25, -0.2) is 0 Å². The normalized spacial score (nSPS) is 15.9.